The van der Waals surface area contributed by atoms with Crippen LogP contribution in [0.15, 0.2) is 4.52 Å². The highest BCUT2D eigenvalue weighted by Crippen LogP contribution is 2.37. The number of aromatic nitrogens is 2. The van der Waals surface area contributed by atoms with Crippen LogP contribution < -0.4 is 5.73 Å². The summed E-state index contributed by atoms with van der Waals surface area (Å²) in [6, 6.07) is -0.620. The normalized spacial score (nSPS) is 21.5. The van der Waals surface area contributed by atoms with Gasteiger partial charge in [0.05, 0.1) is 6.61 Å². The average Bonchev–Trinajstić information content (AvgIpc) is 2.78. The average molecular weight is 255 g/mol. The van der Waals surface area contributed by atoms with Crippen molar-refractivity contribution in [3.05, 3.63) is 11.7 Å². The van der Waals surface area contributed by atoms with Crippen molar-refractivity contribution in [2.75, 3.05) is 13.7 Å². The van der Waals surface area contributed by atoms with E-state index in [1.807, 2.05) is 0 Å². The molecule has 0 bridgehead atoms. The van der Waals surface area contributed by atoms with Crippen LogP contribution in [0.25, 0.3) is 0 Å². The van der Waals surface area contributed by atoms with Gasteiger partial charge in [-0.05, 0) is 12.8 Å². The summed E-state index contributed by atoms with van der Waals surface area (Å²) in [5.74, 6) is 0.832. The second-order valence-electron chi connectivity index (χ2n) is 4.86. The molecule has 1 unspecified atom stereocenters. The van der Waals surface area contributed by atoms with Gasteiger partial charge in [0, 0.05) is 7.11 Å². The molecule has 102 valence electrons. The lowest BCUT2D eigenvalue weighted by Crippen LogP contribution is -2.29. The zero-order valence-corrected chi connectivity index (χ0v) is 10.8. The standard InChI is InChI=1S/C12H21N3O3/c1-17-12(6-4-2-3-5-7-12)11-14-10(18-15-11)9(13)8-16/h9,16H,2-8,13H2,1H3. The molecule has 0 saturated heterocycles. The van der Waals surface area contributed by atoms with Crippen molar-refractivity contribution < 1.29 is 14.4 Å². The van der Waals surface area contributed by atoms with E-state index in [4.69, 9.17) is 20.1 Å². The van der Waals surface area contributed by atoms with Crippen LogP contribution in [0.5, 0.6) is 0 Å². The molecule has 1 fully saturated rings. The van der Waals surface area contributed by atoms with Gasteiger partial charge in [0.1, 0.15) is 11.6 Å². The molecule has 0 radical (unpaired) electrons. The van der Waals surface area contributed by atoms with Crippen molar-refractivity contribution in [3.8, 4) is 0 Å². The van der Waals surface area contributed by atoms with Crippen LogP contribution in [0, 0.1) is 0 Å². The van der Waals surface area contributed by atoms with Crippen molar-refractivity contribution in [2.45, 2.75) is 50.2 Å². The second kappa shape index (κ2) is 5.77. The van der Waals surface area contributed by atoms with Gasteiger partial charge in [-0.3, -0.25) is 0 Å². The summed E-state index contributed by atoms with van der Waals surface area (Å²) in [6.07, 6.45) is 6.43. The maximum atomic E-state index is 8.99. The minimum absolute atomic E-state index is 0.207. The van der Waals surface area contributed by atoms with Gasteiger partial charge < -0.3 is 20.1 Å². The van der Waals surface area contributed by atoms with E-state index in [1.54, 1.807) is 7.11 Å². The molecular weight excluding hydrogens is 234 g/mol. The van der Waals surface area contributed by atoms with Gasteiger partial charge in [0.15, 0.2) is 0 Å². The number of nitrogens with zero attached hydrogens (tertiary/aromatic N) is 2. The predicted molar refractivity (Wildman–Crippen MR) is 64.7 cm³/mol. The topological polar surface area (TPSA) is 94.4 Å². The highest BCUT2D eigenvalue weighted by atomic mass is 16.5. The molecule has 18 heavy (non-hydrogen) atoms. The Morgan fingerprint density at radius 2 is 2.06 bits per heavy atom. The Bertz CT molecular complexity index is 372. The van der Waals surface area contributed by atoms with Gasteiger partial charge in [-0.25, -0.2) is 0 Å². The fourth-order valence-electron chi connectivity index (χ4n) is 2.47. The number of rotatable bonds is 4. The Kier molecular flexibility index (Phi) is 4.31. The number of nitrogens with two attached hydrogens (primary N) is 1. The van der Waals surface area contributed by atoms with Gasteiger partial charge >= 0.3 is 0 Å². The lowest BCUT2D eigenvalue weighted by Gasteiger charge is -2.27. The summed E-state index contributed by atoms with van der Waals surface area (Å²) in [6.45, 7) is -0.207. The first kappa shape index (κ1) is 13.5. The fraction of sp³-hybridized carbons (Fsp3) is 0.833. The fourth-order valence-corrected chi connectivity index (χ4v) is 2.47. The van der Waals surface area contributed by atoms with Crippen LogP contribution in [0.1, 0.15) is 56.3 Å². The van der Waals surface area contributed by atoms with Crippen LogP contribution in [0.2, 0.25) is 0 Å². The molecule has 6 nitrogen and oxygen atoms in total. The largest absolute Gasteiger partial charge is 0.394 e. The van der Waals surface area contributed by atoms with E-state index in [9.17, 15) is 0 Å². The molecule has 3 N–H and O–H groups in total. The van der Waals surface area contributed by atoms with Crippen LogP contribution in [-0.4, -0.2) is 29.0 Å². The van der Waals surface area contributed by atoms with E-state index in [2.05, 4.69) is 10.1 Å². The van der Waals surface area contributed by atoms with E-state index in [0.29, 0.717) is 5.82 Å². The Morgan fingerprint density at radius 3 is 2.61 bits per heavy atom. The third-order valence-electron chi connectivity index (χ3n) is 3.67. The zero-order chi connectivity index (χ0) is 13.0. The minimum atomic E-state index is -0.620. The van der Waals surface area contributed by atoms with Crippen LogP contribution in [0.3, 0.4) is 0 Å². The van der Waals surface area contributed by atoms with E-state index >= 15 is 0 Å². The van der Waals surface area contributed by atoms with Crippen molar-refractivity contribution >= 4 is 0 Å². The van der Waals surface area contributed by atoms with Gasteiger partial charge in [0.25, 0.3) is 0 Å². The van der Waals surface area contributed by atoms with Crippen LogP contribution in [-0.2, 0) is 10.3 Å². The van der Waals surface area contributed by atoms with E-state index in [0.717, 1.165) is 25.7 Å². The number of ether oxygens (including phenoxy) is 1. The Morgan fingerprint density at radius 1 is 1.39 bits per heavy atom. The van der Waals surface area contributed by atoms with Crippen molar-refractivity contribution in [1.82, 2.24) is 10.1 Å². The molecule has 0 spiro atoms. The first-order valence-electron chi connectivity index (χ1n) is 6.47. The molecule has 0 aromatic carbocycles. The zero-order valence-electron chi connectivity index (χ0n) is 10.8. The molecule has 1 heterocycles. The maximum absolute atomic E-state index is 8.99. The minimum Gasteiger partial charge on any atom is -0.394 e. The monoisotopic (exact) mass is 255 g/mol. The molecule has 1 atom stereocenters. The number of hydrogen-bond donors (Lipinski definition) is 2. The van der Waals surface area contributed by atoms with E-state index < -0.39 is 11.6 Å². The summed E-state index contributed by atoms with van der Waals surface area (Å²) in [5.41, 5.74) is 5.21. The number of aliphatic hydroxyl groups excluding tert-OH is 1. The highest BCUT2D eigenvalue weighted by Gasteiger charge is 2.37. The SMILES string of the molecule is COC1(c2noc(C(N)CO)n2)CCCCCC1. The quantitative estimate of drug-likeness (QED) is 0.786. The van der Waals surface area contributed by atoms with Crippen LogP contribution in [0.4, 0.5) is 0 Å². The summed E-state index contributed by atoms with van der Waals surface area (Å²) < 4.78 is 10.8. The molecule has 0 amide bonds. The molecular formula is C12H21N3O3. The third kappa shape index (κ3) is 2.55. The van der Waals surface area contributed by atoms with Gasteiger partial charge in [-0.15, -0.1) is 0 Å². The van der Waals surface area contributed by atoms with Crippen molar-refractivity contribution in [2.24, 2.45) is 5.73 Å². The molecule has 0 aliphatic heterocycles. The summed E-state index contributed by atoms with van der Waals surface area (Å²) in [7, 11) is 1.69. The number of hydrogen-bond acceptors (Lipinski definition) is 6. The van der Waals surface area contributed by atoms with Crippen LogP contribution >= 0.6 is 0 Å². The summed E-state index contributed by atoms with van der Waals surface area (Å²) in [5, 5.41) is 13.0. The lowest BCUT2D eigenvalue weighted by atomic mass is 9.93. The summed E-state index contributed by atoms with van der Waals surface area (Å²) in [4.78, 5) is 4.30. The molecule has 1 aliphatic carbocycles. The Labute approximate surface area is 107 Å². The predicted octanol–water partition coefficient (Wildman–Crippen LogP) is 1.26. The maximum Gasteiger partial charge on any atom is 0.246 e. The first-order chi connectivity index (χ1) is 8.72. The molecule has 1 aromatic rings. The van der Waals surface area contributed by atoms with E-state index in [-0.39, 0.29) is 12.5 Å². The summed E-state index contributed by atoms with van der Waals surface area (Å²) >= 11 is 0. The molecule has 1 aromatic heterocycles. The number of methoxy groups -OCH3 is 1. The lowest BCUT2D eigenvalue weighted by molar-refractivity contribution is -0.0365. The molecule has 6 heteroatoms. The van der Waals surface area contributed by atoms with Crippen molar-refractivity contribution in [1.29, 1.82) is 0 Å². The molecule has 1 aliphatic rings. The van der Waals surface area contributed by atoms with Gasteiger partial charge in [0.2, 0.25) is 11.7 Å². The molecule has 1 saturated carbocycles. The number of aliphatic hydroxyl groups is 1. The third-order valence-corrected chi connectivity index (χ3v) is 3.67. The first-order valence-corrected chi connectivity index (χ1v) is 6.47. The molecule has 2 rings (SSSR count). The van der Waals surface area contributed by atoms with Gasteiger partial charge in [-0.1, -0.05) is 30.8 Å². The smallest absolute Gasteiger partial charge is 0.246 e. The Hall–Kier alpha value is -0.980. The van der Waals surface area contributed by atoms with Gasteiger partial charge in [-0.2, -0.15) is 4.98 Å². The second-order valence-corrected chi connectivity index (χ2v) is 4.86. The van der Waals surface area contributed by atoms with E-state index in [1.165, 1.54) is 12.8 Å². The highest BCUT2D eigenvalue weighted by molar-refractivity contribution is 5.04. The van der Waals surface area contributed by atoms with Crippen molar-refractivity contribution in [3.63, 3.8) is 0 Å². The Balaban J connectivity index is 2.23.